The molecule has 2 unspecified atom stereocenters. The second-order valence-corrected chi connectivity index (χ2v) is 12.7. The summed E-state index contributed by atoms with van der Waals surface area (Å²) >= 11 is 3.74. The summed E-state index contributed by atoms with van der Waals surface area (Å²) in [6, 6.07) is 0. The average molecular weight is 303 g/mol. The minimum absolute atomic E-state index is 0.0722. The zero-order valence-electron chi connectivity index (χ0n) is 11.2. The van der Waals surface area contributed by atoms with Crippen molar-refractivity contribution < 1.29 is 4.43 Å². The molecule has 3 heteroatoms. The van der Waals surface area contributed by atoms with Crippen LogP contribution in [0.4, 0.5) is 0 Å². The lowest BCUT2D eigenvalue weighted by Crippen LogP contribution is -2.48. The molecule has 2 atom stereocenters. The van der Waals surface area contributed by atoms with Crippen LogP contribution in [0.1, 0.15) is 27.7 Å². The van der Waals surface area contributed by atoms with Gasteiger partial charge in [-0.1, -0.05) is 61.0 Å². The van der Waals surface area contributed by atoms with Crippen molar-refractivity contribution in [1.82, 2.24) is 0 Å². The smallest absolute Gasteiger partial charge is 0.192 e. The minimum atomic E-state index is -1.70. The molecule has 1 aliphatic rings. The zero-order valence-corrected chi connectivity index (χ0v) is 13.8. The molecule has 92 valence electrons. The third kappa shape index (κ3) is 3.08. The highest BCUT2D eigenvalue weighted by Crippen LogP contribution is 2.40. The lowest BCUT2D eigenvalue weighted by Gasteiger charge is -2.42. The van der Waals surface area contributed by atoms with Crippen molar-refractivity contribution in [3.8, 4) is 0 Å². The first kappa shape index (κ1) is 14.2. The van der Waals surface area contributed by atoms with Crippen LogP contribution in [0.3, 0.4) is 0 Å². The fourth-order valence-corrected chi connectivity index (χ4v) is 3.22. The summed E-state index contributed by atoms with van der Waals surface area (Å²) in [5, 5.41) is 0.255. The fourth-order valence-electron chi connectivity index (χ4n) is 1.34. The van der Waals surface area contributed by atoms with Gasteiger partial charge >= 0.3 is 0 Å². The maximum atomic E-state index is 6.41. The lowest BCUT2D eigenvalue weighted by atomic mass is 10.00. The van der Waals surface area contributed by atoms with Crippen molar-refractivity contribution in [2.45, 2.75) is 56.3 Å². The number of hydrogen-bond acceptors (Lipinski definition) is 1. The van der Waals surface area contributed by atoms with Crippen LogP contribution in [0.15, 0.2) is 24.3 Å². The minimum Gasteiger partial charge on any atom is -0.409 e. The van der Waals surface area contributed by atoms with E-state index in [1.165, 1.54) is 0 Å². The molecule has 0 spiro atoms. The van der Waals surface area contributed by atoms with Gasteiger partial charge in [-0.25, -0.2) is 0 Å². The van der Waals surface area contributed by atoms with Gasteiger partial charge in [0.1, 0.15) is 0 Å². The summed E-state index contributed by atoms with van der Waals surface area (Å²) in [6.07, 6.45) is 8.58. The Bertz CT molecular complexity index is 310. The largest absolute Gasteiger partial charge is 0.409 e. The topological polar surface area (TPSA) is 9.23 Å². The summed E-state index contributed by atoms with van der Waals surface area (Å²) in [5.41, 5.74) is 0. The van der Waals surface area contributed by atoms with Gasteiger partial charge in [0.15, 0.2) is 8.32 Å². The van der Waals surface area contributed by atoms with Crippen LogP contribution in [-0.4, -0.2) is 18.7 Å². The van der Waals surface area contributed by atoms with E-state index in [1.54, 1.807) is 0 Å². The number of alkyl halides is 1. The Balaban J connectivity index is 2.82. The van der Waals surface area contributed by atoms with Gasteiger partial charge in [0, 0.05) is 0 Å². The molecule has 0 aromatic rings. The normalized spacial score (nSPS) is 30.8. The van der Waals surface area contributed by atoms with Crippen LogP contribution in [0.25, 0.3) is 0 Å². The number of hydrogen-bond donors (Lipinski definition) is 0. The summed E-state index contributed by atoms with van der Waals surface area (Å²) in [6.45, 7) is 13.6. The molecule has 0 aromatic heterocycles. The van der Waals surface area contributed by atoms with Gasteiger partial charge in [-0.3, -0.25) is 0 Å². The van der Waals surface area contributed by atoms with Crippen LogP contribution in [0, 0.1) is 0 Å². The van der Waals surface area contributed by atoms with Crippen LogP contribution in [0.2, 0.25) is 18.1 Å². The Hall–Kier alpha value is 0.137. The summed E-state index contributed by atoms with van der Waals surface area (Å²) in [5.74, 6) is 0. The zero-order chi connectivity index (χ0) is 12.6. The number of allylic oxidation sites excluding steroid dienone is 2. The average Bonchev–Trinajstić information content (AvgIpc) is 2.06. The third-order valence-electron chi connectivity index (χ3n) is 3.60. The van der Waals surface area contributed by atoms with Gasteiger partial charge in [0.2, 0.25) is 0 Å². The van der Waals surface area contributed by atoms with E-state index in [4.69, 9.17) is 4.43 Å². The Labute approximate surface area is 109 Å². The Kier molecular flexibility index (Phi) is 3.93. The summed E-state index contributed by atoms with van der Waals surface area (Å²) in [7, 11) is -1.70. The molecule has 1 rings (SSSR count). The van der Waals surface area contributed by atoms with Crippen LogP contribution < -0.4 is 0 Å². The van der Waals surface area contributed by atoms with Crippen molar-refractivity contribution in [3.05, 3.63) is 24.3 Å². The highest BCUT2D eigenvalue weighted by molar-refractivity contribution is 9.10. The molecule has 0 radical (unpaired) electrons. The molecule has 0 aliphatic heterocycles. The van der Waals surface area contributed by atoms with Crippen LogP contribution >= 0.6 is 15.9 Å². The van der Waals surface area contributed by atoms with E-state index in [-0.39, 0.29) is 15.5 Å². The Morgan fingerprint density at radius 1 is 1.25 bits per heavy atom. The summed E-state index contributed by atoms with van der Waals surface area (Å²) in [4.78, 5) is 0. The molecule has 1 nitrogen and oxygen atoms in total. The van der Waals surface area contributed by atoms with E-state index in [2.05, 4.69) is 81.0 Å². The highest BCUT2D eigenvalue weighted by Gasteiger charge is 2.42. The molecule has 0 N–H and O–H groups in total. The standard InChI is InChI=1S/C13H23BrOSi/c1-12(2,3)16(5,6)15-11-9-7-8-10-13(11,4)14/h7-11H,1-6H3. The molecular formula is C13H23BrOSi. The molecule has 0 fully saturated rings. The number of halogens is 1. The van der Waals surface area contributed by atoms with Crippen molar-refractivity contribution in [1.29, 1.82) is 0 Å². The van der Waals surface area contributed by atoms with Gasteiger partial charge in [-0.2, -0.15) is 0 Å². The highest BCUT2D eigenvalue weighted by atomic mass is 79.9. The van der Waals surface area contributed by atoms with Gasteiger partial charge in [-0.15, -0.1) is 0 Å². The maximum absolute atomic E-state index is 6.41. The van der Waals surface area contributed by atoms with Gasteiger partial charge in [0.05, 0.1) is 10.4 Å². The van der Waals surface area contributed by atoms with Gasteiger partial charge in [-0.05, 0) is 25.1 Å². The number of rotatable bonds is 2. The van der Waals surface area contributed by atoms with E-state index in [9.17, 15) is 0 Å². The Morgan fingerprint density at radius 2 is 1.81 bits per heavy atom. The van der Waals surface area contributed by atoms with Crippen molar-refractivity contribution in [2.24, 2.45) is 0 Å². The van der Waals surface area contributed by atoms with E-state index in [1.807, 2.05) is 0 Å². The first-order chi connectivity index (χ1) is 7.06. The molecule has 0 amide bonds. The second-order valence-electron chi connectivity index (χ2n) is 6.19. The first-order valence-corrected chi connectivity index (χ1v) is 9.49. The maximum Gasteiger partial charge on any atom is 0.192 e. The lowest BCUT2D eigenvalue weighted by molar-refractivity contribution is 0.205. The quantitative estimate of drug-likeness (QED) is 0.532. The Morgan fingerprint density at radius 3 is 2.25 bits per heavy atom. The predicted octanol–water partition coefficient (Wildman–Crippen LogP) is 4.66. The van der Waals surface area contributed by atoms with Gasteiger partial charge in [0.25, 0.3) is 0 Å². The molecule has 0 saturated carbocycles. The SMILES string of the molecule is CC1(Br)C=CC=CC1O[Si](C)(C)C(C)(C)C. The van der Waals surface area contributed by atoms with E-state index >= 15 is 0 Å². The van der Waals surface area contributed by atoms with Gasteiger partial charge < -0.3 is 4.43 Å². The molecule has 0 heterocycles. The van der Waals surface area contributed by atoms with Crippen molar-refractivity contribution in [3.63, 3.8) is 0 Å². The third-order valence-corrected chi connectivity index (χ3v) is 8.77. The van der Waals surface area contributed by atoms with Crippen molar-refractivity contribution >= 4 is 24.2 Å². The first-order valence-electron chi connectivity index (χ1n) is 5.79. The molecule has 0 aromatic carbocycles. The van der Waals surface area contributed by atoms with Crippen LogP contribution in [-0.2, 0) is 4.43 Å². The van der Waals surface area contributed by atoms with Crippen molar-refractivity contribution in [2.75, 3.05) is 0 Å². The molecule has 0 saturated heterocycles. The molecule has 16 heavy (non-hydrogen) atoms. The van der Waals surface area contributed by atoms with E-state index in [0.717, 1.165) is 0 Å². The summed E-state index contributed by atoms with van der Waals surface area (Å²) < 4.78 is 6.34. The monoisotopic (exact) mass is 302 g/mol. The second kappa shape index (κ2) is 4.43. The molecule has 0 bridgehead atoms. The molecular weight excluding hydrogens is 280 g/mol. The fraction of sp³-hybridized carbons (Fsp3) is 0.692. The predicted molar refractivity (Wildman–Crippen MR) is 77.7 cm³/mol. The van der Waals surface area contributed by atoms with E-state index in [0.29, 0.717) is 0 Å². The van der Waals surface area contributed by atoms with Crippen LogP contribution in [0.5, 0.6) is 0 Å². The van der Waals surface area contributed by atoms with E-state index < -0.39 is 8.32 Å². The molecule has 1 aliphatic carbocycles.